The van der Waals surface area contributed by atoms with Gasteiger partial charge in [-0.2, -0.15) is 5.10 Å². The van der Waals surface area contributed by atoms with Crippen molar-refractivity contribution in [2.75, 3.05) is 6.54 Å². The summed E-state index contributed by atoms with van der Waals surface area (Å²) < 4.78 is 1.89. The minimum Gasteiger partial charge on any atom is -0.314 e. The standard InChI is InChI=1S/C14H25N3/c1-3-9-15-14(13-7-8-13)6-4-5-12-10-16-17(2)11-12/h10-11,13-15H,3-9H2,1-2H3. The SMILES string of the molecule is CCCNC(CCCc1cnn(C)c1)C1CC1. The summed E-state index contributed by atoms with van der Waals surface area (Å²) in [6.45, 7) is 3.42. The summed E-state index contributed by atoms with van der Waals surface area (Å²) in [4.78, 5) is 0. The fourth-order valence-electron chi connectivity index (χ4n) is 2.46. The number of rotatable bonds is 8. The zero-order valence-electron chi connectivity index (χ0n) is 11.2. The molecule has 0 radical (unpaired) electrons. The molecule has 1 fully saturated rings. The first-order chi connectivity index (χ1) is 8.29. The molecule has 1 aliphatic rings. The van der Waals surface area contributed by atoms with E-state index in [4.69, 9.17) is 0 Å². The van der Waals surface area contributed by atoms with Crippen LogP contribution in [0.1, 0.15) is 44.6 Å². The van der Waals surface area contributed by atoms with E-state index in [1.807, 2.05) is 17.9 Å². The van der Waals surface area contributed by atoms with Crippen LogP contribution in [0.3, 0.4) is 0 Å². The van der Waals surface area contributed by atoms with Gasteiger partial charge in [-0.3, -0.25) is 4.68 Å². The Morgan fingerprint density at radius 3 is 2.94 bits per heavy atom. The molecule has 0 saturated heterocycles. The largest absolute Gasteiger partial charge is 0.314 e. The van der Waals surface area contributed by atoms with Gasteiger partial charge in [-0.1, -0.05) is 6.92 Å². The van der Waals surface area contributed by atoms with Crippen molar-refractivity contribution >= 4 is 0 Å². The Labute approximate surface area is 105 Å². The fourth-order valence-corrected chi connectivity index (χ4v) is 2.46. The van der Waals surface area contributed by atoms with Crippen molar-refractivity contribution in [1.82, 2.24) is 15.1 Å². The summed E-state index contributed by atoms with van der Waals surface area (Å²) in [5.74, 6) is 0.968. The highest BCUT2D eigenvalue weighted by Gasteiger charge is 2.29. The highest BCUT2D eigenvalue weighted by Crippen LogP contribution is 2.34. The van der Waals surface area contributed by atoms with Crippen LogP contribution in [-0.4, -0.2) is 22.4 Å². The highest BCUT2D eigenvalue weighted by atomic mass is 15.2. The van der Waals surface area contributed by atoms with Crippen LogP contribution in [-0.2, 0) is 13.5 Å². The molecule has 2 rings (SSSR count). The van der Waals surface area contributed by atoms with Gasteiger partial charge < -0.3 is 5.32 Å². The van der Waals surface area contributed by atoms with Gasteiger partial charge in [0.1, 0.15) is 0 Å². The quantitative estimate of drug-likeness (QED) is 0.750. The topological polar surface area (TPSA) is 29.9 Å². The first-order valence-electron chi connectivity index (χ1n) is 7.00. The van der Waals surface area contributed by atoms with Gasteiger partial charge in [0, 0.05) is 19.3 Å². The maximum Gasteiger partial charge on any atom is 0.0521 e. The lowest BCUT2D eigenvalue weighted by molar-refractivity contribution is 0.425. The summed E-state index contributed by atoms with van der Waals surface area (Å²) in [6, 6.07) is 0.770. The molecule has 0 aliphatic heterocycles. The maximum atomic E-state index is 4.21. The Bertz CT molecular complexity index is 328. The number of hydrogen-bond acceptors (Lipinski definition) is 2. The molecular formula is C14H25N3. The molecule has 0 spiro atoms. The molecule has 0 amide bonds. The van der Waals surface area contributed by atoms with Gasteiger partial charge in [-0.15, -0.1) is 0 Å². The average molecular weight is 235 g/mol. The van der Waals surface area contributed by atoms with E-state index in [1.165, 1.54) is 50.6 Å². The third-order valence-electron chi connectivity index (χ3n) is 3.59. The van der Waals surface area contributed by atoms with Crippen LogP contribution in [0.5, 0.6) is 0 Å². The van der Waals surface area contributed by atoms with E-state index in [2.05, 4.69) is 23.5 Å². The second-order valence-corrected chi connectivity index (χ2v) is 5.31. The van der Waals surface area contributed by atoms with E-state index in [1.54, 1.807) is 0 Å². The zero-order chi connectivity index (χ0) is 12.1. The van der Waals surface area contributed by atoms with Gasteiger partial charge in [0.2, 0.25) is 0 Å². The summed E-state index contributed by atoms with van der Waals surface area (Å²) in [6.07, 6.45) is 12.0. The molecule has 1 heterocycles. The summed E-state index contributed by atoms with van der Waals surface area (Å²) in [7, 11) is 1.99. The second kappa shape index (κ2) is 6.20. The predicted octanol–water partition coefficient (Wildman–Crippen LogP) is 2.52. The van der Waals surface area contributed by atoms with Gasteiger partial charge in [0.15, 0.2) is 0 Å². The van der Waals surface area contributed by atoms with E-state index < -0.39 is 0 Å². The molecule has 3 heteroatoms. The Morgan fingerprint density at radius 1 is 1.53 bits per heavy atom. The molecule has 1 aromatic rings. The van der Waals surface area contributed by atoms with E-state index in [0.717, 1.165) is 12.0 Å². The molecule has 96 valence electrons. The van der Waals surface area contributed by atoms with Crippen molar-refractivity contribution in [3.8, 4) is 0 Å². The van der Waals surface area contributed by atoms with Gasteiger partial charge in [0.05, 0.1) is 6.20 Å². The number of hydrogen-bond donors (Lipinski definition) is 1. The number of aryl methyl sites for hydroxylation is 2. The van der Waals surface area contributed by atoms with Crippen LogP contribution in [0.2, 0.25) is 0 Å². The Hall–Kier alpha value is -0.830. The number of nitrogens with zero attached hydrogens (tertiary/aromatic N) is 2. The third kappa shape index (κ3) is 4.15. The van der Waals surface area contributed by atoms with Gasteiger partial charge in [-0.25, -0.2) is 0 Å². The van der Waals surface area contributed by atoms with Crippen molar-refractivity contribution < 1.29 is 0 Å². The molecule has 1 aliphatic carbocycles. The van der Waals surface area contributed by atoms with E-state index >= 15 is 0 Å². The molecule has 0 bridgehead atoms. The molecule has 3 nitrogen and oxygen atoms in total. The fraction of sp³-hybridized carbons (Fsp3) is 0.786. The molecule has 1 aromatic heterocycles. The van der Waals surface area contributed by atoms with E-state index in [9.17, 15) is 0 Å². The summed E-state index contributed by atoms with van der Waals surface area (Å²) in [5, 5.41) is 7.91. The highest BCUT2D eigenvalue weighted by molar-refractivity contribution is 5.03. The van der Waals surface area contributed by atoms with Crippen molar-refractivity contribution in [2.24, 2.45) is 13.0 Å². The van der Waals surface area contributed by atoms with E-state index in [-0.39, 0.29) is 0 Å². The Morgan fingerprint density at radius 2 is 2.35 bits per heavy atom. The van der Waals surface area contributed by atoms with E-state index in [0.29, 0.717) is 0 Å². The molecule has 0 aromatic carbocycles. The molecule has 1 unspecified atom stereocenters. The second-order valence-electron chi connectivity index (χ2n) is 5.31. The predicted molar refractivity (Wildman–Crippen MR) is 71.0 cm³/mol. The number of nitrogens with one attached hydrogen (secondary N) is 1. The Balaban J connectivity index is 1.68. The van der Waals surface area contributed by atoms with Crippen LogP contribution < -0.4 is 5.32 Å². The first-order valence-corrected chi connectivity index (χ1v) is 7.00. The van der Waals surface area contributed by atoms with Crippen LogP contribution in [0.15, 0.2) is 12.4 Å². The monoisotopic (exact) mass is 235 g/mol. The zero-order valence-corrected chi connectivity index (χ0v) is 11.2. The van der Waals surface area contributed by atoms with Gasteiger partial charge in [0.25, 0.3) is 0 Å². The lowest BCUT2D eigenvalue weighted by Crippen LogP contribution is -2.31. The van der Waals surface area contributed by atoms with Gasteiger partial charge >= 0.3 is 0 Å². The minimum atomic E-state index is 0.770. The summed E-state index contributed by atoms with van der Waals surface area (Å²) in [5.41, 5.74) is 1.37. The van der Waals surface area contributed by atoms with Crippen molar-refractivity contribution in [3.63, 3.8) is 0 Å². The average Bonchev–Trinajstić information content (AvgIpc) is 3.08. The van der Waals surface area contributed by atoms with Crippen LogP contribution >= 0.6 is 0 Å². The van der Waals surface area contributed by atoms with Crippen LogP contribution in [0, 0.1) is 5.92 Å². The third-order valence-corrected chi connectivity index (χ3v) is 3.59. The lowest BCUT2D eigenvalue weighted by Gasteiger charge is -2.17. The van der Waals surface area contributed by atoms with Crippen LogP contribution in [0.25, 0.3) is 0 Å². The van der Waals surface area contributed by atoms with Crippen molar-refractivity contribution in [1.29, 1.82) is 0 Å². The minimum absolute atomic E-state index is 0.770. The van der Waals surface area contributed by atoms with Gasteiger partial charge in [-0.05, 0) is 56.6 Å². The molecule has 1 atom stereocenters. The molecule has 1 saturated carbocycles. The molecular weight excluding hydrogens is 210 g/mol. The Kier molecular flexibility index (Phi) is 4.60. The molecule has 1 N–H and O–H groups in total. The smallest absolute Gasteiger partial charge is 0.0521 e. The normalized spacial score (nSPS) is 17.3. The van der Waals surface area contributed by atoms with Crippen molar-refractivity contribution in [3.05, 3.63) is 18.0 Å². The lowest BCUT2D eigenvalue weighted by atomic mass is 10.0. The van der Waals surface area contributed by atoms with Crippen LogP contribution in [0.4, 0.5) is 0 Å². The molecule has 17 heavy (non-hydrogen) atoms. The maximum absolute atomic E-state index is 4.21. The summed E-state index contributed by atoms with van der Waals surface area (Å²) >= 11 is 0. The number of aromatic nitrogens is 2. The first kappa shape index (κ1) is 12.6. The van der Waals surface area contributed by atoms with Crippen molar-refractivity contribution in [2.45, 2.75) is 51.5 Å².